The van der Waals surface area contributed by atoms with E-state index in [-0.39, 0.29) is 64.7 Å². The fourth-order valence-corrected chi connectivity index (χ4v) is 6.09. The molecule has 0 saturated carbocycles. The molecule has 1 aliphatic heterocycles. The van der Waals surface area contributed by atoms with E-state index in [1.165, 1.54) is 0 Å². The monoisotopic (exact) mass is 770 g/mol. The van der Waals surface area contributed by atoms with Gasteiger partial charge >= 0.3 is 11.9 Å². The smallest absolute Gasteiger partial charge is 0.336 e. The summed E-state index contributed by atoms with van der Waals surface area (Å²) in [6.07, 6.45) is 1.14. The third-order valence-corrected chi connectivity index (χ3v) is 9.35. The fraction of sp³-hybridized carbons (Fsp3) is 0.875. The molecule has 4 unspecified atom stereocenters. The molecule has 1 rings (SSSR count). The normalized spacial score (nSPS) is 22.0. The number of hydrogen-bond donors (Lipinski definition) is 4. The molecule has 14 nitrogen and oxygen atoms in total. The molecule has 1 heterocycles. The molecule has 0 aromatic carbocycles. The minimum absolute atomic E-state index is 0.0522. The van der Waals surface area contributed by atoms with Crippen LogP contribution in [-0.4, -0.2) is 165 Å². The summed E-state index contributed by atoms with van der Waals surface area (Å²) in [6, 6.07) is 3.34. The molecule has 1 aliphatic rings. The standard InChI is InChI=1S/C32H54N2O12Si4/c35-29(33-21-23(5-1-17-47)6-2-18-48)25-27(31(37)38)45-15-11-42-10-14-44-26(28(32(39)40)46-16-12-41-9-13-43-25)30(36)34-22-24(7-3-19-49)8-4-20-50/h23-28H,1-22H2,(H,33,35)(H,34,36)(H,37,38)(H,39,40). The van der Waals surface area contributed by atoms with Crippen LogP contribution in [-0.2, 0) is 47.6 Å². The van der Waals surface area contributed by atoms with Crippen molar-refractivity contribution in [2.24, 2.45) is 11.8 Å². The highest BCUT2D eigenvalue weighted by Gasteiger charge is 2.37. The number of carboxylic acid groups (broad SMARTS) is 2. The Morgan fingerprint density at radius 2 is 0.780 bits per heavy atom. The molecule has 12 radical (unpaired) electrons. The second kappa shape index (κ2) is 30.0. The Balaban J connectivity index is 2.94. The van der Waals surface area contributed by atoms with Crippen LogP contribution in [0.2, 0.25) is 24.2 Å². The van der Waals surface area contributed by atoms with Gasteiger partial charge in [-0.15, -0.1) is 0 Å². The van der Waals surface area contributed by atoms with E-state index in [9.17, 15) is 29.4 Å². The number of nitrogens with one attached hydrogen (secondary N) is 2. The summed E-state index contributed by atoms with van der Waals surface area (Å²) in [5, 5.41) is 25.6. The van der Waals surface area contributed by atoms with E-state index in [0.29, 0.717) is 13.1 Å². The summed E-state index contributed by atoms with van der Waals surface area (Å²) in [5.74, 6) is -3.56. The average Bonchev–Trinajstić information content (AvgIpc) is 3.09. The van der Waals surface area contributed by atoms with Crippen molar-refractivity contribution >= 4 is 64.7 Å². The average molecular weight is 771 g/mol. The number of carbonyl (C=O) groups is 4. The highest BCUT2D eigenvalue weighted by atomic mass is 28.2. The van der Waals surface area contributed by atoms with Gasteiger partial charge in [0.1, 0.15) is 0 Å². The van der Waals surface area contributed by atoms with Gasteiger partial charge in [0.05, 0.1) is 52.9 Å². The number of rotatable bonds is 20. The summed E-state index contributed by atoms with van der Waals surface area (Å²) in [6.45, 7) is -0.195. The Labute approximate surface area is 310 Å². The van der Waals surface area contributed by atoms with Crippen molar-refractivity contribution in [3.63, 3.8) is 0 Å². The van der Waals surface area contributed by atoms with E-state index in [1.54, 1.807) is 0 Å². The predicted octanol–water partition coefficient (Wildman–Crippen LogP) is 0.676. The minimum Gasteiger partial charge on any atom is -0.479 e. The van der Waals surface area contributed by atoms with Crippen LogP contribution in [0.5, 0.6) is 0 Å². The van der Waals surface area contributed by atoms with Crippen LogP contribution < -0.4 is 10.6 Å². The van der Waals surface area contributed by atoms with Crippen molar-refractivity contribution in [1.82, 2.24) is 10.6 Å². The number of amides is 2. The lowest BCUT2D eigenvalue weighted by Gasteiger charge is -2.26. The maximum Gasteiger partial charge on any atom is 0.336 e. The van der Waals surface area contributed by atoms with Gasteiger partial charge in [0.2, 0.25) is 0 Å². The molecule has 0 aromatic rings. The van der Waals surface area contributed by atoms with Gasteiger partial charge in [0.25, 0.3) is 11.8 Å². The van der Waals surface area contributed by atoms with Crippen LogP contribution >= 0.6 is 0 Å². The Kier molecular flexibility index (Phi) is 27.9. The van der Waals surface area contributed by atoms with Crippen molar-refractivity contribution in [2.75, 3.05) is 65.9 Å². The summed E-state index contributed by atoms with van der Waals surface area (Å²) >= 11 is 0. The third kappa shape index (κ3) is 20.5. The molecule has 0 bridgehead atoms. The first-order valence-electron chi connectivity index (χ1n) is 17.4. The molecule has 4 N–H and O–H groups in total. The van der Waals surface area contributed by atoms with Crippen LogP contribution in [0.3, 0.4) is 0 Å². The van der Waals surface area contributed by atoms with Crippen molar-refractivity contribution in [3.8, 4) is 0 Å². The summed E-state index contributed by atoms with van der Waals surface area (Å²) in [4.78, 5) is 50.9. The Morgan fingerprint density at radius 1 is 0.500 bits per heavy atom. The number of aliphatic carboxylic acids is 2. The molecule has 18 heteroatoms. The Bertz CT molecular complexity index is 854. The summed E-state index contributed by atoms with van der Waals surface area (Å²) in [7, 11) is 14.0. The molecule has 1 fully saturated rings. The summed E-state index contributed by atoms with van der Waals surface area (Å²) < 4.78 is 33.6. The van der Waals surface area contributed by atoms with Gasteiger partial charge in [-0.05, 0) is 37.5 Å². The molecular weight excluding hydrogens is 717 g/mol. The van der Waals surface area contributed by atoms with Crippen molar-refractivity contribution < 1.29 is 57.8 Å². The van der Waals surface area contributed by atoms with E-state index in [4.69, 9.17) is 28.4 Å². The Hall–Kier alpha value is -1.49. The van der Waals surface area contributed by atoms with E-state index < -0.39 is 48.2 Å². The van der Waals surface area contributed by atoms with E-state index in [2.05, 4.69) is 51.6 Å². The molecule has 0 spiro atoms. The van der Waals surface area contributed by atoms with Gasteiger partial charge in [0, 0.05) is 54.1 Å². The molecule has 0 aromatic heterocycles. The SMILES string of the molecule is O=C(O)C1OCCOCCOC(C(=O)NCC(CCC[Si])CCC[Si])C(C(=O)O)OCCOCCOC1C(=O)NCC(CCC[Si])CCC[Si]. The molecule has 4 atom stereocenters. The van der Waals surface area contributed by atoms with Gasteiger partial charge in [-0.2, -0.15) is 0 Å². The van der Waals surface area contributed by atoms with E-state index in [0.717, 1.165) is 75.5 Å². The second-order valence-corrected chi connectivity index (χ2v) is 13.9. The van der Waals surface area contributed by atoms with Crippen LogP contribution in [0, 0.1) is 11.8 Å². The second-order valence-electron chi connectivity index (χ2n) is 11.9. The zero-order valence-corrected chi connectivity index (χ0v) is 33.0. The molecule has 280 valence electrons. The maximum atomic E-state index is 13.3. The van der Waals surface area contributed by atoms with Crippen LogP contribution in [0.1, 0.15) is 51.4 Å². The first kappa shape index (κ1) is 46.5. The van der Waals surface area contributed by atoms with Crippen LogP contribution in [0.15, 0.2) is 0 Å². The quantitative estimate of drug-likeness (QED) is 0.127. The third-order valence-electron chi connectivity index (χ3n) is 7.94. The van der Waals surface area contributed by atoms with Gasteiger partial charge in [-0.1, -0.05) is 49.9 Å². The van der Waals surface area contributed by atoms with Crippen LogP contribution in [0.4, 0.5) is 0 Å². The first-order chi connectivity index (χ1) is 24.2. The molecule has 2 amide bonds. The van der Waals surface area contributed by atoms with Crippen molar-refractivity contribution in [1.29, 1.82) is 0 Å². The summed E-state index contributed by atoms with van der Waals surface area (Å²) in [5.41, 5.74) is 0. The number of carboxylic acids is 2. The highest BCUT2D eigenvalue weighted by Crippen LogP contribution is 2.17. The highest BCUT2D eigenvalue weighted by molar-refractivity contribution is 6.09. The first-order valence-corrected chi connectivity index (χ1v) is 20.2. The van der Waals surface area contributed by atoms with Gasteiger partial charge in [-0.25, -0.2) is 9.59 Å². The van der Waals surface area contributed by atoms with E-state index >= 15 is 0 Å². The number of hydrogen-bond acceptors (Lipinski definition) is 10. The predicted molar refractivity (Wildman–Crippen MR) is 188 cm³/mol. The lowest BCUT2D eigenvalue weighted by atomic mass is 9.98. The van der Waals surface area contributed by atoms with E-state index in [1.807, 2.05) is 0 Å². The van der Waals surface area contributed by atoms with Gasteiger partial charge in [0.15, 0.2) is 24.4 Å². The number of ether oxygens (including phenoxy) is 6. The lowest BCUT2D eigenvalue weighted by molar-refractivity contribution is -0.175. The van der Waals surface area contributed by atoms with Crippen molar-refractivity contribution in [3.05, 3.63) is 0 Å². The zero-order chi connectivity index (χ0) is 37.0. The minimum atomic E-state index is -1.61. The fourth-order valence-electron chi connectivity index (χ4n) is 5.27. The largest absolute Gasteiger partial charge is 0.479 e. The molecule has 0 aliphatic carbocycles. The Morgan fingerprint density at radius 3 is 1.04 bits per heavy atom. The molecule has 50 heavy (non-hydrogen) atoms. The zero-order valence-electron chi connectivity index (χ0n) is 29.0. The number of carbonyl (C=O) groups excluding carboxylic acids is 2. The molecule has 1 saturated heterocycles. The lowest BCUT2D eigenvalue weighted by Crippen LogP contribution is -2.50. The van der Waals surface area contributed by atoms with Gasteiger partial charge in [-0.3, -0.25) is 9.59 Å². The molecular formula is C32H54N2O12Si4. The van der Waals surface area contributed by atoms with Crippen molar-refractivity contribution in [2.45, 2.75) is 100.0 Å². The maximum absolute atomic E-state index is 13.3. The topological polar surface area (TPSA) is 188 Å². The van der Waals surface area contributed by atoms with Crippen LogP contribution in [0.25, 0.3) is 0 Å². The van der Waals surface area contributed by atoms with Gasteiger partial charge < -0.3 is 49.3 Å².